The number of imidazole rings is 1. The quantitative estimate of drug-likeness (QED) is 0.645. The van der Waals surface area contributed by atoms with Crippen LogP contribution in [-0.2, 0) is 10.0 Å². The molecule has 0 N–H and O–H groups in total. The summed E-state index contributed by atoms with van der Waals surface area (Å²) in [5.74, 6) is 1.47. The Morgan fingerprint density at radius 2 is 1.79 bits per heavy atom. The lowest BCUT2D eigenvalue weighted by atomic mass is 10.2. The molecule has 1 aliphatic heterocycles. The van der Waals surface area contributed by atoms with Crippen molar-refractivity contribution in [2.45, 2.75) is 11.8 Å². The van der Waals surface area contributed by atoms with Crippen LogP contribution in [0.15, 0.2) is 54.2 Å². The van der Waals surface area contributed by atoms with E-state index in [0.717, 1.165) is 11.4 Å². The predicted molar refractivity (Wildman–Crippen MR) is 106 cm³/mol. The van der Waals surface area contributed by atoms with Crippen LogP contribution in [0, 0.1) is 6.92 Å². The van der Waals surface area contributed by atoms with E-state index in [-0.39, 0.29) is 4.90 Å². The van der Waals surface area contributed by atoms with Crippen molar-refractivity contribution >= 4 is 27.4 Å². The number of piperazine rings is 1. The molecule has 1 aromatic carbocycles. The van der Waals surface area contributed by atoms with Gasteiger partial charge in [-0.2, -0.15) is 4.31 Å². The molecule has 0 bridgehead atoms. The Bertz CT molecular complexity index is 1080. The summed E-state index contributed by atoms with van der Waals surface area (Å²) in [4.78, 5) is 14.9. The number of hydrogen-bond donors (Lipinski definition) is 0. The molecule has 3 heterocycles. The van der Waals surface area contributed by atoms with Gasteiger partial charge in [-0.05, 0) is 24.6 Å². The molecular weight excluding hydrogens is 400 g/mol. The van der Waals surface area contributed by atoms with Crippen LogP contribution < -0.4 is 4.90 Å². The summed E-state index contributed by atoms with van der Waals surface area (Å²) in [6, 6.07) is 6.71. The smallest absolute Gasteiger partial charge is 0.243 e. The molecule has 0 atom stereocenters. The third-order valence-electron chi connectivity index (χ3n) is 4.75. The topological polar surface area (TPSA) is 84.2 Å². The number of rotatable bonds is 4. The molecule has 28 heavy (non-hydrogen) atoms. The molecule has 0 saturated carbocycles. The van der Waals surface area contributed by atoms with Gasteiger partial charge in [-0.25, -0.2) is 23.4 Å². The summed E-state index contributed by atoms with van der Waals surface area (Å²) in [6.45, 7) is 3.67. The van der Waals surface area contributed by atoms with Gasteiger partial charge in [0.05, 0.1) is 4.90 Å². The monoisotopic (exact) mass is 418 g/mol. The van der Waals surface area contributed by atoms with E-state index in [1.165, 1.54) is 16.7 Å². The molecule has 146 valence electrons. The van der Waals surface area contributed by atoms with Gasteiger partial charge in [0.1, 0.15) is 24.3 Å². The second kappa shape index (κ2) is 7.50. The zero-order valence-electron chi connectivity index (χ0n) is 15.2. The molecule has 4 rings (SSSR count). The van der Waals surface area contributed by atoms with Crippen LogP contribution in [0.25, 0.3) is 5.82 Å². The molecular formula is C18H19ClN6O2S. The summed E-state index contributed by atoms with van der Waals surface area (Å²) in [5, 5.41) is 0.452. The van der Waals surface area contributed by atoms with Crippen LogP contribution in [0.5, 0.6) is 0 Å². The molecule has 0 unspecified atom stereocenters. The average Bonchev–Trinajstić information content (AvgIpc) is 3.25. The highest BCUT2D eigenvalue weighted by Crippen LogP contribution is 2.24. The Morgan fingerprint density at radius 1 is 1.04 bits per heavy atom. The van der Waals surface area contributed by atoms with Crippen LogP contribution in [0.1, 0.15) is 5.56 Å². The zero-order chi connectivity index (χ0) is 19.7. The van der Waals surface area contributed by atoms with Crippen LogP contribution in [0.4, 0.5) is 5.82 Å². The van der Waals surface area contributed by atoms with Gasteiger partial charge in [-0.3, -0.25) is 4.57 Å². The number of nitrogens with zero attached hydrogens (tertiary/aromatic N) is 6. The Hall–Kier alpha value is -2.49. The standard InChI is InChI=1S/C18H19ClN6O2S/c1-14-2-3-15(10-16(14)19)28(26,27)25-8-6-23(7-9-25)17-11-18(22-12-21-17)24-5-4-20-13-24/h2-5,10-13H,6-9H2,1H3. The zero-order valence-corrected chi connectivity index (χ0v) is 16.8. The van der Waals surface area contributed by atoms with Gasteiger partial charge in [0, 0.05) is 49.7 Å². The molecule has 8 nitrogen and oxygen atoms in total. The van der Waals surface area contributed by atoms with Crippen molar-refractivity contribution in [3.05, 3.63) is 59.9 Å². The maximum atomic E-state index is 12.9. The maximum Gasteiger partial charge on any atom is 0.243 e. The van der Waals surface area contributed by atoms with E-state index in [2.05, 4.69) is 19.9 Å². The van der Waals surface area contributed by atoms with E-state index >= 15 is 0 Å². The van der Waals surface area contributed by atoms with Crippen LogP contribution in [0.2, 0.25) is 5.02 Å². The van der Waals surface area contributed by atoms with Crippen molar-refractivity contribution in [3.8, 4) is 5.82 Å². The summed E-state index contributed by atoms with van der Waals surface area (Å²) in [5.41, 5.74) is 0.850. The fourth-order valence-corrected chi connectivity index (χ4v) is 4.78. The van der Waals surface area contributed by atoms with Crippen LogP contribution >= 0.6 is 11.6 Å². The van der Waals surface area contributed by atoms with E-state index < -0.39 is 10.0 Å². The van der Waals surface area contributed by atoms with Crippen molar-refractivity contribution in [3.63, 3.8) is 0 Å². The van der Waals surface area contributed by atoms with Crippen molar-refractivity contribution in [2.75, 3.05) is 31.1 Å². The van der Waals surface area contributed by atoms with Crippen molar-refractivity contribution in [1.29, 1.82) is 0 Å². The van der Waals surface area contributed by atoms with E-state index in [1.807, 2.05) is 19.2 Å². The normalized spacial score (nSPS) is 15.7. The van der Waals surface area contributed by atoms with Crippen LogP contribution in [-0.4, -0.2) is 58.4 Å². The van der Waals surface area contributed by atoms with Gasteiger partial charge in [-0.15, -0.1) is 0 Å². The first-order valence-corrected chi connectivity index (χ1v) is 10.6. The minimum Gasteiger partial charge on any atom is -0.354 e. The summed E-state index contributed by atoms with van der Waals surface area (Å²) in [6.07, 6.45) is 6.66. The second-order valence-corrected chi connectivity index (χ2v) is 8.85. The Morgan fingerprint density at radius 3 is 2.46 bits per heavy atom. The minimum absolute atomic E-state index is 0.223. The lowest BCUT2D eigenvalue weighted by molar-refractivity contribution is 0.383. The summed E-state index contributed by atoms with van der Waals surface area (Å²) >= 11 is 6.11. The molecule has 0 aliphatic carbocycles. The van der Waals surface area contributed by atoms with E-state index in [1.54, 1.807) is 29.2 Å². The van der Waals surface area contributed by atoms with E-state index in [4.69, 9.17) is 11.6 Å². The summed E-state index contributed by atoms with van der Waals surface area (Å²) < 4.78 is 29.1. The fraction of sp³-hybridized carbons (Fsp3) is 0.278. The van der Waals surface area contributed by atoms with Crippen molar-refractivity contribution in [2.24, 2.45) is 0 Å². The van der Waals surface area contributed by atoms with Gasteiger partial charge >= 0.3 is 0 Å². The predicted octanol–water partition coefficient (Wildman–Crippen LogP) is 2.14. The highest BCUT2D eigenvalue weighted by atomic mass is 35.5. The maximum absolute atomic E-state index is 12.9. The Kier molecular flexibility index (Phi) is 5.05. The second-order valence-electron chi connectivity index (χ2n) is 6.51. The highest BCUT2D eigenvalue weighted by molar-refractivity contribution is 7.89. The first kappa shape index (κ1) is 18.9. The fourth-order valence-electron chi connectivity index (χ4n) is 3.09. The van der Waals surface area contributed by atoms with Gasteiger partial charge in [0.2, 0.25) is 10.0 Å². The van der Waals surface area contributed by atoms with Gasteiger partial charge in [0.25, 0.3) is 0 Å². The SMILES string of the molecule is Cc1ccc(S(=O)(=O)N2CCN(c3cc(-n4ccnc4)ncn3)CC2)cc1Cl. The lowest BCUT2D eigenvalue weighted by Gasteiger charge is -2.34. The first-order valence-electron chi connectivity index (χ1n) is 8.77. The third-order valence-corrected chi connectivity index (χ3v) is 7.05. The highest BCUT2D eigenvalue weighted by Gasteiger charge is 2.29. The average molecular weight is 419 g/mol. The van der Waals surface area contributed by atoms with Gasteiger partial charge < -0.3 is 4.90 Å². The molecule has 1 saturated heterocycles. The number of aryl methyl sites for hydroxylation is 1. The molecule has 0 amide bonds. The van der Waals surface area contributed by atoms with Crippen molar-refractivity contribution < 1.29 is 8.42 Å². The number of benzene rings is 1. The molecule has 10 heteroatoms. The van der Waals surface area contributed by atoms with E-state index in [0.29, 0.717) is 37.0 Å². The molecule has 3 aromatic rings. The molecule has 0 spiro atoms. The number of hydrogen-bond acceptors (Lipinski definition) is 6. The Labute approximate surface area is 168 Å². The lowest BCUT2D eigenvalue weighted by Crippen LogP contribution is -2.49. The number of anilines is 1. The molecule has 1 fully saturated rings. The summed E-state index contributed by atoms with van der Waals surface area (Å²) in [7, 11) is -3.57. The minimum atomic E-state index is -3.57. The largest absolute Gasteiger partial charge is 0.354 e. The van der Waals surface area contributed by atoms with E-state index in [9.17, 15) is 8.42 Å². The number of halogens is 1. The Balaban J connectivity index is 1.49. The first-order chi connectivity index (χ1) is 13.4. The molecule has 0 radical (unpaired) electrons. The third kappa shape index (κ3) is 3.60. The molecule has 2 aromatic heterocycles. The van der Waals surface area contributed by atoms with Gasteiger partial charge in [-0.1, -0.05) is 17.7 Å². The molecule has 1 aliphatic rings. The number of aromatic nitrogens is 4. The van der Waals surface area contributed by atoms with Crippen LogP contribution in [0.3, 0.4) is 0 Å². The van der Waals surface area contributed by atoms with Crippen molar-refractivity contribution in [1.82, 2.24) is 23.8 Å². The van der Waals surface area contributed by atoms with Gasteiger partial charge in [0.15, 0.2) is 0 Å². The number of sulfonamides is 1.